The maximum atomic E-state index is 3.94. The molecule has 0 aliphatic rings. The van der Waals surface area contributed by atoms with Crippen LogP contribution < -0.4 is 0 Å². The Bertz CT molecular complexity index is 173. The molecule has 0 aliphatic carbocycles. The summed E-state index contributed by atoms with van der Waals surface area (Å²) in [6.07, 6.45) is 24.3. The molecule has 0 heterocycles. The molecule has 21 heavy (non-hydrogen) atoms. The molecule has 0 aromatic rings. The lowest BCUT2D eigenvalue weighted by atomic mass is 9.98. The van der Waals surface area contributed by atoms with E-state index in [0.717, 1.165) is 12.3 Å². The highest BCUT2D eigenvalue weighted by Gasteiger charge is 2.00. The van der Waals surface area contributed by atoms with Gasteiger partial charge < -0.3 is 0 Å². The summed E-state index contributed by atoms with van der Waals surface area (Å²) in [4.78, 5) is 0. The summed E-state index contributed by atoms with van der Waals surface area (Å²) in [7, 11) is 0. The molecule has 1 unspecified atom stereocenters. The van der Waals surface area contributed by atoms with Gasteiger partial charge in [-0.1, -0.05) is 130 Å². The molecule has 0 aromatic heterocycles. The highest BCUT2D eigenvalue weighted by molar-refractivity contribution is 4.55. The van der Waals surface area contributed by atoms with E-state index in [1.807, 2.05) is 0 Å². The third kappa shape index (κ3) is 18.0. The van der Waals surface area contributed by atoms with Crippen molar-refractivity contribution in [2.24, 2.45) is 5.92 Å². The van der Waals surface area contributed by atoms with Gasteiger partial charge in [-0.05, 0) is 5.92 Å². The topological polar surface area (TPSA) is 0 Å². The molecule has 0 rings (SSSR count). The Labute approximate surface area is 136 Å². The molecular weight excluding hydrogens is 252 g/mol. The molecule has 1 atom stereocenters. The van der Waals surface area contributed by atoms with Crippen LogP contribution in [0.1, 0.15) is 123 Å². The maximum absolute atomic E-state index is 3.94. The van der Waals surface area contributed by atoms with Crippen molar-refractivity contribution in [3.63, 3.8) is 0 Å². The van der Waals surface area contributed by atoms with E-state index in [-0.39, 0.29) is 0 Å². The monoisotopic (exact) mass is 295 g/mol. The molecule has 0 amide bonds. The largest absolute Gasteiger partial charge is 0.0654 e. The Hall–Kier alpha value is 0. The van der Waals surface area contributed by atoms with Gasteiger partial charge in [-0.25, -0.2) is 0 Å². The number of rotatable bonds is 17. The van der Waals surface area contributed by atoms with E-state index >= 15 is 0 Å². The van der Waals surface area contributed by atoms with Crippen LogP contribution >= 0.6 is 0 Å². The van der Waals surface area contributed by atoms with Crippen molar-refractivity contribution in [3.8, 4) is 0 Å². The fourth-order valence-corrected chi connectivity index (χ4v) is 3.18. The van der Waals surface area contributed by atoms with Gasteiger partial charge in [-0.2, -0.15) is 0 Å². The zero-order chi connectivity index (χ0) is 15.6. The van der Waals surface area contributed by atoms with Crippen molar-refractivity contribution in [2.45, 2.75) is 123 Å². The van der Waals surface area contributed by atoms with E-state index in [1.54, 1.807) is 0 Å². The lowest BCUT2D eigenvalue weighted by Crippen LogP contribution is -1.93. The lowest BCUT2D eigenvalue weighted by molar-refractivity contribution is 0.456. The number of unbranched alkanes of at least 4 members (excludes halogenated alkanes) is 13. The van der Waals surface area contributed by atoms with Gasteiger partial charge in [0.1, 0.15) is 0 Å². The average Bonchev–Trinajstić information content (AvgIpc) is 2.48. The minimum absolute atomic E-state index is 0.903. The second-order valence-electron chi connectivity index (χ2n) is 7.13. The van der Waals surface area contributed by atoms with Crippen LogP contribution in [-0.4, -0.2) is 0 Å². The fraction of sp³-hybridized carbons (Fsp3) is 0.952. The molecule has 127 valence electrons. The second-order valence-corrected chi connectivity index (χ2v) is 7.13. The molecule has 0 fully saturated rings. The Morgan fingerprint density at radius 3 is 1.33 bits per heavy atom. The van der Waals surface area contributed by atoms with Gasteiger partial charge in [0.05, 0.1) is 0 Å². The van der Waals surface area contributed by atoms with E-state index in [2.05, 4.69) is 20.8 Å². The van der Waals surface area contributed by atoms with Crippen LogP contribution in [0.25, 0.3) is 0 Å². The van der Waals surface area contributed by atoms with Gasteiger partial charge in [0, 0.05) is 0 Å². The van der Waals surface area contributed by atoms with E-state index < -0.39 is 0 Å². The van der Waals surface area contributed by atoms with Crippen LogP contribution in [0.2, 0.25) is 0 Å². The van der Waals surface area contributed by atoms with E-state index in [9.17, 15) is 0 Å². The predicted octanol–water partition coefficient (Wildman–Crippen LogP) is 8.11. The molecule has 0 N–H and O–H groups in total. The first kappa shape index (κ1) is 21.0. The second kappa shape index (κ2) is 18.1. The van der Waals surface area contributed by atoms with Crippen LogP contribution in [0.15, 0.2) is 0 Å². The molecule has 0 bridgehead atoms. The first-order valence-electron chi connectivity index (χ1n) is 10.1. The minimum Gasteiger partial charge on any atom is -0.0654 e. The Morgan fingerprint density at radius 1 is 0.571 bits per heavy atom. The Morgan fingerprint density at radius 2 is 0.952 bits per heavy atom. The molecule has 0 aliphatic heterocycles. The normalized spacial score (nSPS) is 12.7. The number of hydrogen-bond acceptors (Lipinski definition) is 0. The average molecular weight is 296 g/mol. The summed E-state index contributed by atoms with van der Waals surface area (Å²) >= 11 is 0. The summed E-state index contributed by atoms with van der Waals surface area (Å²) < 4.78 is 0. The van der Waals surface area contributed by atoms with Crippen LogP contribution in [0.4, 0.5) is 0 Å². The third-order valence-corrected chi connectivity index (χ3v) is 4.75. The van der Waals surface area contributed by atoms with Gasteiger partial charge in [-0.3, -0.25) is 0 Å². The molecule has 1 radical (unpaired) electrons. The van der Waals surface area contributed by atoms with Crippen LogP contribution in [0.5, 0.6) is 0 Å². The van der Waals surface area contributed by atoms with Crippen LogP contribution in [0.3, 0.4) is 0 Å². The summed E-state index contributed by atoms with van der Waals surface area (Å²) in [6, 6.07) is 0. The van der Waals surface area contributed by atoms with Gasteiger partial charge in [0.25, 0.3) is 0 Å². The smallest absolute Gasteiger partial charge is 0.0443 e. The zero-order valence-electron chi connectivity index (χ0n) is 15.3. The van der Waals surface area contributed by atoms with E-state index in [4.69, 9.17) is 0 Å². The van der Waals surface area contributed by atoms with Crippen molar-refractivity contribution >= 4 is 0 Å². The SMILES string of the molecule is [CH2]CCC(C)CCCCCCCCCCCCCCCC. The first-order chi connectivity index (χ1) is 10.3. The predicted molar refractivity (Wildman–Crippen MR) is 98.7 cm³/mol. The highest BCUT2D eigenvalue weighted by atomic mass is 14.1. The highest BCUT2D eigenvalue weighted by Crippen LogP contribution is 2.16. The third-order valence-electron chi connectivity index (χ3n) is 4.75. The van der Waals surface area contributed by atoms with Gasteiger partial charge in [-0.15, -0.1) is 0 Å². The quantitative estimate of drug-likeness (QED) is 0.238. The summed E-state index contributed by atoms with van der Waals surface area (Å²) in [5.74, 6) is 0.903. The Balaban J connectivity index is 2.99. The molecule has 0 nitrogen and oxygen atoms in total. The van der Waals surface area contributed by atoms with Gasteiger partial charge in [0.2, 0.25) is 0 Å². The first-order valence-corrected chi connectivity index (χ1v) is 10.1. The van der Waals surface area contributed by atoms with E-state index in [0.29, 0.717) is 0 Å². The standard InChI is InChI=1S/C21H43/c1-4-6-7-8-9-10-11-12-13-14-15-16-17-18-20-21(3)19-5-2/h21H,2,4-20H2,1,3H3. The number of hydrogen-bond donors (Lipinski definition) is 0. The molecule has 0 saturated heterocycles. The maximum Gasteiger partial charge on any atom is -0.0443 e. The van der Waals surface area contributed by atoms with Crippen molar-refractivity contribution in [2.75, 3.05) is 0 Å². The fourth-order valence-electron chi connectivity index (χ4n) is 3.18. The summed E-state index contributed by atoms with van der Waals surface area (Å²) in [5.41, 5.74) is 0. The van der Waals surface area contributed by atoms with Crippen LogP contribution in [-0.2, 0) is 0 Å². The van der Waals surface area contributed by atoms with Crippen molar-refractivity contribution in [3.05, 3.63) is 6.92 Å². The van der Waals surface area contributed by atoms with Crippen molar-refractivity contribution in [1.29, 1.82) is 0 Å². The zero-order valence-corrected chi connectivity index (χ0v) is 15.3. The Kier molecular flexibility index (Phi) is 18.1. The summed E-state index contributed by atoms with van der Waals surface area (Å²) in [6.45, 7) is 8.62. The molecule has 0 saturated carbocycles. The molecule has 0 spiro atoms. The van der Waals surface area contributed by atoms with Crippen molar-refractivity contribution < 1.29 is 0 Å². The molecule has 0 heteroatoms. The molecule has 0 aromatic carbocycles. The van der Waals surface area contributed by atoms with E-state index in [1.165, 1.54) is 103 Å². The molecular formula is C21H43. The van der Waals surface area contributed by atoms with Crippen molar-refractivity contribution in [1.82, 2.24) is 0 Å². The lowest BCUT2D eigenvalue weighted by Gasteiger charge is -2.09. The van der Waals surface area contributed by atoms with Gasteiger partial charge >= 0.3 is 0 Å². The minimum atomic E-state index is 0.903. The van der Waals surface area contributed by atoms with Crippen LogP contribution in [0, 0.1) is 12.8 Å². The van der Waals surface area contributed by atoms with Gasteiger partial charge in [0.15, 0.2) is 0 Å². The summed E-state index contributed by atoms with van der Waals surface area (Å²) in [5, 5.41) is 0.